The number of halogens is 3. The van der Waals surface area contributed by atoms with E-state index < -0.39 is 18.6 Å². The topological polar surface area (TPSA) is 49.4 Å². The molecule has 0 spiro atoms. The largest absolute Gasteiger partial charge is 0.406 e. The van der Waals surface area contributed by atoms with Gasteiger partial charge >= 0.3 is 6.18 Å². The van der Waals surface area contributed by atoms with Gasteiger partial charge in [0.15, 0.2) is 0 Å². The van der Waals surface area contributed by atoms with Crippen LogP contribution in [0.15, 0.2) is 18.2 Å². The van der Waals surface area contributed by atoms with Crippen molar-refractivity contribution in [1.29, 1.82) is 0 Å². The molecule has 0 atom stereocenters. The third kappa shape index (κ3) is 3.04. The smallest absolute Gasteiger partial charge is 0.333 e. The van der Waals surface area contributed by atoms with Crippen molar-refractivity contribution in [2.75, 3.05) is 18.9 Å². The van der Waals surface area contributed by atoms with Gasteiger partial charge in [-0.25, -0.2) is 0 Å². The molecule has 0 radical (unpaired) electrons. The molecule has 0 aromatic heterocycles. The first-order valence-corrected chi connectivity index (χ1v) is 5.51. The number of nitrogens with zero attached hydrogens (tertiary/aromatic N) is 1. The molecule has 102 valence electrons. The lowest BCUT2D eigenvalue weighted by atomic mass is 10.1. The molecule has 0 saturated heterocycles. The van der Waals surface area contributed by atoms with E-state index in [2.05, 4.69) is 5.32 Å². The molecule has 1 N–H and O–H groups in total. The van der Waals surface area contributed by atoms with Gasteiger partial charge < -0.3 is 10.2 Å². The zero-order valence-electron chi connectivity index (χ0n) is 10.0. The van der Waals surface area contributed by atoms with Crippen molar-refractivity contribution < 1.29 is 22.8 Å². The standard InChI is InChI=1S/C12H11F3N2O2/c1-17(6-12(13,14)15)11(19)8-3-2-7-5-10(18)16-9(7)4-8/h2-4H,5-6H2,1H3,(H,16,18). The number of carbonyl (C=O) groups is 2. The minimum atomic E-state index is -4.44. The second-order valence-electron chi connectivity index (χ2n) is 4.37. The van der Waals surface area contributed by atoms with Crippen LogP contribution in [-0.4, -0.2) is 36.5 Å². The number of hydrogen-bond acceptors (Lipinski definition) is 2. The fourth-order valence-electron chi connectivity index (χ4n) is 1.91. The van der Waals surface area contributed by atoms with E-state index in [4.69, 9.17) is 0 Å². The van der Waals surface area contributed by atoms with Crippen LogP contribution < -0.4 is 5.32 Å². The zero-order chi connectivity index (χ0) is 14.2. The van der Waals surface area contributed by atoms with Gasteiger partial charge in [-0.1, -0.05) is 6.07 Å². The molecule has 19 heavy (non-hydrogen) atoms. The monoisotopic (exact) mass is 272 g/mol. The first-order chi connectivity index (χ1) is 8.76. The van der Waals surface area contributed by atoms with Gasteiger partial charge in [-0.05, 0) is 17.7 Å². The minimum Gasteiger partial charge on any atom is -0.333 e. The molecule has 1 aliphatic rings. The summed E-state index contributed by atoms with van der Waals surface area (Å²) in [6.45, 7) is -1.31. The fourth-order valence-corrected chi connectivity index (χ4v) is 1.91. The molecule has 0 fully saturated rings. The van der Waals surface area contributed by atoms with Gasteiger partial charge in [-0.3, -0.25) is 9.59 Å². The third-order valence-corrected chi connectivity index (χ3v) is 2.75. The molecule has 2 amide bonds. The average Bonchev–Trinajstić information content (AvgIpc) is 2.64. The highest BCUT2D eigenvalue weighted by Gasteiger charge is 2.31. The zero-order valence-corrected chi connectivity index (χ0v) is 10.0. The maximum absolute atomic E-state index is 12.2. The molecule has 1 aromatic carbocycles. The molecule has 0 bridgehead atoms. The van der Waals surface area contributed by atoms with E-state index in [1.165, 1.54) is 12.1 Å². The number of carbonyl (C=O) groups excluding carboxylic acids is 2. The van der Waals surface area contributed by atoms with Crippen LogP contribution >= 0.6 is 0 Å². The third-order valence-electron chi connectivity index (χ3n) is 2.75. The van der Waals surface area contributed by atoms with E-state index in [1.807, 2.05) is 0 Å². The van der Waals surface area contributed by atoms with Crippen LogP contribution in [0.4, 0.5) is 18.9 Å². The van der Waals surface area contributed by atoms with Crippen LogP contribution in [0.1, 0.15) is 15.9 Å². The van der Waals surface area contributed by atoms with Gasteiger partial charge in [0, 0.05) is 18.3 Å². The highest BCUT2D eigenvalue weighted by atomic mass is 19.4. The molecule has 1 aromatic rings. The van der Waals surface area contributed by atoms with Crippen LogP contribution in [0.2, 0.25) is 0 Å². The summed E-state index contributed by atoms with van der Waals surface area (Å²) in [7, 11) is 1.08. The van der Waals surface area contributed by atoms with Crippen molar-refractivity contribution in [3.63, 3.8) is 0 Å². The van der Waals surface area contributed by atoms with Crippen LogP contribution in [0, 0.1) is 0 Å². The van der Waals surface area contributed by atoms with Crippen molar-refractivity contribution in [2.45, 2.75) is 12.6 Å². The number of rotatable bonds is 2. The molecular weight excluding hydrogens is 261 g/mol. The first-order valence-electron chi connectivity index (χ1n) is 5.51. The highest BCUT2D eigenvalue weighted by Crippen LogP contribution is 2.25. The summed E-state index contributed by atoms with van der Waals surface area (Å²) < 4.78 is 36.6. The Balaban J connectivity index is 2.17. The molecule has 7 heteroatoms. The molecular formula is C12H11F3N2O2. The number of hydrogen-bond donors (Lipinski definition) is 1. The Hall–Kier alpha value is -2.05. The summed E-state index contributed by atoms with van der Waals surface area (Å²) in [5.41, 5.74) is 1.34. The fraction of sp³-hybridized carbons (Fsp3) is 0.333. The number of nitrogens with one attached hydrogen (secondary N) is 1. The number of fused-ring (bicyclic) bond motifs is 1. The van der Waals surface area contributed by atoms with Crippen molar-refractivity contribution in [3.8, 4) is 0 Å². The van der Waals surface area contributed by atoms with Gasteiger partial charge in [0.2, 0.25) is 5.91 Å². The molecule has 4 nitrogen and oxygen atoms in total. The maximum Gasteiger partial charge on any atom is 0.406 e. The summed E-state index contributed by atoms with van der Waals surface area (Å²) in [4.78, 5) is 23.6. The minimum absolute atomic E-state index is 0.118. The Kier molecular flexibility index (Phi) is 3.21. The maximum atomic E-state index is 12.2. The van der Waals surface area contributed by atoms with E-state index in [-0.39, 0.29) is 17.9 Å². The molecule has 0 unspecified atom stereocenters. The first kappa shape index (κ1) is 13.4. The van der Waals surface area contributed by atoms with E-state index in [0.29, 0.717) is 10.6 Å². The SMILES string of the molecule is CN(CC(F)(F)F)C(=O)c1ccc2c(c1)NC(=O)C2. The summed E-state index contributed by atoms with van der Waals surface area (Å²) in [5.74, 6) is -0.926. The van der Waals surface area contributed by atoms with E-state index in [1.54, 1.807) is 6.07 Å². The summed E-state index contributed by atoms with van der Waals surface area (Å²) in [6.07, 6.45) is -4.21. The normalized spacial score (nSPS) is 14.0. The van der Waals surface area contributed by atoms with Crippen molar-refractivity contribution in [3.05, 3.63) is 29.3 Å². The Labute approximate surface area is 107 Å². The van der Waals surface area contributed by atoms with E-state index >= 15 is 0 Å². The molecule has 0 saturated carbocycles. The Morgan fingerprint density at radius 3 is 2.74 bits per heavy atom. The molecule has 2 rings (SSSR count). The van der Waals surface area contributed by atoms with Crippen LogP contribution in [0.25, 0.3) is 0 Å². The lowest BCUT2D eigenvalue weighted by Crippen LogP contribution is -2.35. The lowest BCUT2D eigenvalue weighted by molar-refractivity contribution is -0.138. The number of amides is 2. The summed E-state index contributed by atoms with van der Waals surface area (Å²) in [6, 6.07) is 4.39. The van der Waals surface area contributed by atoms with Crippen LogP contribution in [0.3, 0.4) is 0 Å². The number of alkyl halides is 3. The van der Waals surface area contributed by atoms with E-state index in [9.17, 15) is 22.8 Å². The van der Waals surface area contributed by atoms with Gasteiger partial charge in [0.25, 0.3) is 5.91 Å². The Morgan fingerprint density at radius 2 is 2.11 bits per heavy atom. The Bertz CT molecular complexity index is 540. The Morgan fingerprint density at radius 1 is 1.42 bits per heavy atom. The predicted molar refractivity (Wildman–Crippen MR) is 61.8 cm³/mol. The number of anilines is 1. The van der Waals surface area contributed by atoms with Crippen LogP contribution in [-0.2, 0) is 11.2 Å². The second kappa shape index (κ2) is 4.56. The predicted octanol–water partition coefficient (Wildman–Crippen LogP) is 1.82. The van der Waals surface area contributed by atoms with Crippen molar-refractivity contribution in [2.24, 2.45) is 0 Å². The van der Waals surface area contributed by atoms with Gasteiger partial charge in [-0.15, -0.1) is 0 Å². The van der Waals surface area contributed by atoms with Crippen molar-refractivity contribution in [1.82, 2.24) is 4.90 Å². The molecule has 1 heterocycles. The quantitative estimate of drug-likeness (QED) is 0.892. The summed E-state index contributed by atoms with van der Waals surface area (Å²) in [5, 5.41) is 2.55. The van der Waals surface area contributed by atoms with Gasteiger partial charge in [0.1, 0.15) is 6.54 Å². The van der Waals surface area contributed by atoms with Gasteiger partial charge in [-0.2, -0.15) is 13.2 Å². The summed E-state index contributed by atoms with van der Waals surface area (Å²) >= 11 is 0. The van der Waals surface area contributed by atoms with Crippen molar-refractivity contribution >= 4 is 17.5 Å². The second-order valence-corrected chi connectivity index (χ2v) is 4.37. The van der Waals surface area contributed by atoms with Gasteiger partial charge in [0.05, 0.1) is 6.42 Å². The number of benzene rings is 1. The van der Waals surface area contributed by atoms with E-state index in [0.717, 1.165) is 12.6 Å². The molecule has 0 aliphatic carbocycles. The lowest BCUT2D eigenvalue weighted by Gasteiger charge is -2.19. The van der Waals surface area contributed by atoms with Crippen LogP contribution in [0.5, 0.6) is 0 Å². The average molecular weight is 272 g/mol. The highest BCUT2D eigenvalue weighted by molar-refractivity contribution is 6.02. The molecule has 1 aliphatic heterocycles.